The number of nitrogens with one attached hydrogen (secondary N) is 2. The minimum atomic E-state index is -2.90. The van der Waals surface area contributed by atoms with Crippen molar-refractivity contribution in [3.05, 3.63) is 23.8 Å². The van der Waals surface area contributed by atoms with E-state index < -0.39 is 29.8 Å². The molecule has 0 unspecified atom stereocenters. The number of ether oxygens (including phenoxy) is 1. The molecule has 0 spiro atoms. The van der Waals surface area contributed by atoms with E-state index in [1.165, 1.54) is 17.0 Å². The van der Waals surface area contributed by atoms with Gasteiger partial charge in [0.1, 0.15) is 6.61 Å². The molecule has 0 radical (unpaired) electrons. The van der Waals surface area contributed by atoms with Crippen LogP contribution in [-0.2, 0) is 19.1 Å². The maximum Gasteiger partial charge on any atom is 0.265 e. The van der Waals surface area contributed by atoms with Gasteiger partial charge in [0.15, 0.2) is 6.04 Å². The Kier molecular flexibility index (Phi) is 6.58. The number of anilines is 2. The van der Waals surface area contributed by atoms with E-state index in [1.54, 1.807) is 6.92 Å². The molecule has 1 saturated heterocycles. The quantitative estimate of drug-likeness (QED) is 0.601. The van der Waals surface area contributed by atoms with Crippen molar-refractivity contribution < 1.29 is 27.9 Å². The summed E-state index contributed by atoms with van der Waals surface area (Å²) in [6.45, 7) is 2.39. The Morgan fingerprint density at radius 1 is 1.38 bits per heavy atom. The van der Waals surface area contributed by atoms with Gasteiger partial charge >= 0.3 is 0 Å². The summed E-state index contributed by atoms with van der Waals surface area (Å²) in [5, 5.41) is 4.87. The van der Waals surface area contributed by atoms with Gasteiger partial charge in [-0.05, 0) is 24.7 Å². The average molecular weight is 370 g/mol. The lowest BCUT2D eigenvalue weighted by molar-refractivity contribution is -0.128. The normalized spacial score (nSPS) is 15.8. The Hall–Kier alpha value is -2.59. The number of halogens is 2. The van der Waals surface area contributed by atoms with Gasteiger partial charge in [-0.2, -0.15) is 0 Å². The number of hydrogen-bond donors (Lipinski definition) is 3. The molecule has 0 aliphatic carbocycles. The third-order valence-electron chi connectivity index (χ3n) is 3.78. The van der Waals surface area contributed by atoms with Crippen LogP contribution in [0.25, 0.3) is 0 Å². The van der Waals surface area contributed by atoms with Crippen LogP contribution in [0.15, 0.2) is 18.2 Å². The van der Waals surface area contributed by atoms with E-state index in [0.717, 1.165) is 6.07 Å². The van der Waals surface area contributed by atoms with Crippen LogP contribution in [0.1, 0.15) is 18.9 Å². The molecule has 0 saturated carbocycles. The molecule has 1 fully saturated rings. The number of alkyl halides is 2. The van der Waals surface area contributed by atoms with E-state index in [0.29, 0.717) is 13.2 Å². The lowest BCUT2D eigenvalue weighted by atomic mass is 10.1. The molecule has 3 amide bonds. The molecular weight excluding hydrogens is 350 g/mol. The number of hydrogen-bond acceptors (Lipinski definition) is 5. The fourth-order valence-electron chi connectivity index (χ4n) is 2.53. The molecule has 2 rings (SSSR count). The number of carbonyl (C=O) groups excluding carboxylic acids is 3. The second-order valence-corrected chi connectivity index (χ2v) is 5.55. The summed E-state index contributed by atoms with van der Waals surface area (Å²) in [5.41, 5.74) is 4.81. The van der Waals surface area contributed by atoms with Crippen LogP contribution in [0.2, 0.25) is 0 Å². The van der Waals surface area contributed by atoms with Gasteiger partial charge in [-0.15, -0.1) is 0 Å². The number of rotatable bonds is 7. The zero-order chi connectivity index (χ0) is 19.3. The first kappa shape index (κ1) is 19.7. The summed E-state index contributed by atoms with van der Waals surface area (Å²) >= 11 is 0. The molecule has 26 heavy (non-hydrogen) atoms. The number of morpholine rings is 1. The molecule has 0 aromatic heterocycles. The molecular formula is C16H20F2N4O4. The number of carbonyl (C=O) groups is 3. The van der Waals surface area contributed by atoms with Crippen LogP contribution in [0.5, 0.6) is 0 Å². The summed E-state index contributed by atoms with van der Waals surface area (Å²) in [5.74, 6) is -2.09. The van der Waals surface area contributed by atoms with Crippen molar-refractivity contribution in [1.29, 1.82) is 0 Å². The van der Waals surface area contributed by atoms with Crippen LogP contribution in [0, 0.1) is 0 Å². The van der Waals surface area contributed by atoms with Gasteiger partial charge in [-0.1, -0.05) is 6.92 Å². The van der Waals surface area contributed by atoms with Crippen molar-refractivity contribution in [1.82, 2.24) is 5.32 Å². The van der Waals surface area contributed by atoms with Crippen molar-refractivity contribution in [3.8, 4) is 0 Å². The first-order valence-electron chi connectivity index (χ1n) is 7.99. The van der Waals surface area contributed by atoms with Crippen molar-refractivity contribution in [2.24, 2.45) is 5.73 Å². The molecule has 1 aromatic carbocycles. The monoisotopic (exact) mass is 370 g/mol. The predicted molar refractivity (Wildman–Crippen MR) is 89.9 cm³/mol. The SMILES string of the molecule is CCN[C@@H](C(N)=O)C(=O)Nc1ccc(N2CCOCC2=O)cc1C(F)F. The maximum atomic E-state index is 13.4. The summed E-state index contributed by atoms with van der Waals surface area (Å²) in [6, 6.07) is 2.50. The fraction of sp³-hybridized carbons (Fsp3) is 0.438. The first-order chi connectivity index (χ1) is 12.3. The van der Waals surface area contributed by atoms with Crippen LogP contribution in [-0.4, -0.2) is 50.1 Å². The number of nitrogens with zero attached hydrogens (tertiary/aromatic N) is 1. The largest absolute Gasteiger partial charge is 0.370 e. The highest BCUT2D eigenvalue weighted by atomic mass is 19.3. The Labute approximate surface area is 148 Å². The van der Waals surface area contributed by atoms with Crippen molar-refractivity contribution in [2.75, 3.05) is 36.5 Å². The van der Waals surface area contributed by atoms with E-state index in [1.807, 2.05) is 0 Å². The molecule has 10 heteroatoms. The predicted octanol–water partition coefficient (Wildman–Crippen LogP) is 0.389. The topological polar surface area (TPSA) is 114 Å². The van der Waals surface area contributed by atoms with Gasteiger partial charge < -0.3 is 20.7 Å². The van der Waals surface area contributed by atoms with Crippen LogP contribution < -0.4 is 21.3 Å². The summed E-state index contributed by atoms with van der Waals surface area (Å²) in [6.07, 6.45) is -2.90. The minimum Gasteiger partial charge on any atom is -0.370 e. The fourth-order valence-corrected chi connectivity index (χ4v) is 2.53. The lowest BCUT2D eigenvalue weighted by Crippen LogP contribution is -2.49. The molecule has 4 N–H and O–H groups in total. The van der Waals surface area contributed by atoms with E-state index in [4.69, 9.17) is 10.5 Å². The van der Waals surface area contributed by atoms with E-state index in [-0.39, 0.29) is 30.4 Å². The van der Waals surface area contributed by atoms with Gasteiger partial charge in [0.2, 0.25) is 5.91 Å². The number of nitrogens with two attached hydrogens (primary N) is 1. The van der Waals surface area contributed by atoms with Crippen molar-refractivity contribution >= 4 is 29.1 Å². The molecule has 142 valence electrons. The number of benzene rings is 1. The van der Waals surface area contributed by atoms with E-state index >= 15 is 0 Å². The van der Waals surface area contributed by atoms with Gasteiger partial charge in [0, 0.05) is 23.5 Å². The lowest BCUT2D eigenvalue weighted by Gasteiger charge is -2.27. The van der Waals surface area contributed by atoms with E-state index in [2.05, 4.69) is 10.6 Å². The molecule has 1 aliphatic heterocycles. The third-order valence-corrected chi connectivity index (χ3v) is 3.78. The maximum absolute atomic E-state index is 13.4. The molecule has 8 nitrogen and oxygen atoms in total. The smallest absolute Gasteiger partial charge is 0.265 e. The van der Waals surface area contributed by atoms with Gasteiger partial charge in [-0.3, -0.25) is 19.7 Å². The number of likely N-dealkylation sites (N-methyl/N-ethyl adjacent to an activating group) is 1. The second kappa shape index (κ2) is 8.68. The zero-order valence-electron chi connectivity index (χ0n) is 14.1. The van der Waals surface area contributed by atoms with Gasteiger partial charge in [0.05, 0.1) is 6.61 Å². The first-order valence-corrected chi connectivity index (χ1v) is 7.99. The van der Waals surface area contributed by atoms with Gasteiger partial charge in [0.25, 0.3) is 18.2 Å². The number of primary amides is 1. The highest BCUT2D eigenvalue weighted by Gasteiger charge is 2.26. The highest BCUT2D eigenvalue weighted by molar-refractivity contribution is 6.10. The van der Waals surface area contributed by atoms with Crippen molar-refractivity contribution in [3.63, 3.8) is 0 Å². The highest BCUT2D eigenvalue weighted by Crippen LogP contribution is 2.31. The number of amides is 3. The summed E-state index contributed by atoms with van der Waals surface area (Å²) in [4.78, 5) is 36.7. The third kappa shape index (κ3) is 4.52. The van der Waals surface area contributed by atoms with Crippen LogP contribution in [0.3, 0.4) is 0 Å². The van der Waals surface area contributed by atoms with Crippen LogP contribution >= 0.6 is 0 Å². The molecule has 1 aliphatic rings. The Morgan fingerprint density at radius 2 is 2.12 bits per heavy atom. The molecule has 1 atom stereocenters. The van der Waals surface area contributed by atoms with Gasteiger partial charge in [-0.25, -0.2) is 8.78 Å². The Morgan fingerprint density at radius 3 is 2.69 bits per heavy atom. The van der Waals surface area contributed by atoms with Crippen LogP contribution in [0.4, 0.5) is 20.2 Å². The molecule has 1 heterocycles. The summed E-state index contributed by atoms with van der Waals surface area (Å²) < 4.78 is 31.9. The summed E-state index contributed by atoms with van der Waals surface area (Å²) in [7, 11) is 0. The average Bonchev–Trinajstić information content (AvgIpc) is 2.60. The molecule has 1 aromatic rings. The Bertz CT molecular complexity index is 699. The van der Waals surface area contributed by atoms with E-state index in [9.17, 15) is 23.2 Å². The minimum absolute atomic E-state index is 0.120. The second-order valence-electron chi connectivity index (χ2n) is 5.55. The Balaban J connectivity index is 2.27. The molecule has 0 bridgehead atoms. The zero-order valence-corrected chi connectivity index (χ0v) is 14.1. The van der Waals surface area contributed by atoms with Crippen molar-refractivity contribution in [2.45, 2.75) is 19.4 Å². The standard InChI is InChI=1S/C16H20F2N4O4/c1-2-20-13(15(19)24)16(25)21-11-4-3-9(7-10(11)14(17)18)22-5-6-26-8-12(22)23/h3-4,7,13-14,20H,2,5-6,8H2,1H3,(H2,19,24)(H,21,25)/t13-/m0/s1.